The lowest BCUT2D eigenvalue weighted by Gasteiger charge is -2.20. The van der Waals surface area contributed by atoms with Crippen molar-refractivity contribution in [3.63, 3.8) is 0 Å². The monoisotopic (exact) mass is 265 g/mol. The van der Waals surface area contributed by atoms with Crippen molar-refractivity contribution >= 4 is 17.3 Å². The summed E-state index contributed by atoms with van der Waals surface area (Å²) in [5.74, 6) is 0.644. The van der Waals surface area contributed by atoms with E-state index in [0.29, 0.717) is 24.4 Å². The molecule has 106 valence electrons. The molecule has 0 unspecified atom stereocenters. The number of hydrogen-bond donors (Lipinski definition) is 3. The Balaban J connectivity index is 2.48. The number of nitrogen functional groups attached to an aromatic ring is 1. The first-order valence-corrected chi connectivity index (χ1v) is 6.31. The number of hydrogen-bond acceptors (Lipinski definition) is 4. The Hall–Kier alpha value is -1.91. The van der Waals surface area contributed by atoms with Crippen molar-refractivity contribution in [2.45, 2.75) is 32.7 Å². The first kappa shape index (κ1) is 15.1. The molecule has 0 fully saturated rings. The van der Waals surface area contributed by atoms with E-state index in [1.165, 1.54) is 0 Å². The molecular formula is C14H23N3O2. The van der Waals surface area contributed by atoms with Crippen LogP contribution in [0.5, 0.6) is 5.75 Å². The van der Waals surface area contributed by atoms with Gasteiger partial charge in [-0.15, -0.1) is 0 Å². The van der Waals surface area contributed by atoms with Crippen LogP contribution in [-0.2, 0) is 4.79 Å². The van der Waals surface area contributed by atoms with Crippen molar-refractivity contribution < 1.29 is 9.53 Å². The molecule has 19 heavy (non-hydrogen) atoms. The van der Waals surface area contributed by atoms with E-state index in [-0.39, 0.29) is 11.4 Å². The predicted molar refractivity (Wildman–Crippen MR) is 78.4 cm³/mol. The molecule has 1 amide bonds. The number of carbonyl (C=O) groups is 1. The molecule has 0 saturated carbocycles. The third kappa shape index (κ3) is 5.07. The molecule has 1 aromatic carbocycles. The highest BCUT2D eigenvalue weighted by atomic mass is 16.5. The van der Waals surface area contributed by atoms with Gasteiger partial charge in [0.15, 0.2) is 0 Å². The summed E-state index contributed by atoms with van der Waals surface area (Å²) < 4.78 is 5.13. The fourth-order valence-corrected chi connectivity index (χ4v) is 1.67. The van der Waals surface area contributed by atoms with Crippen LogP contribution in [0.2, 0.25) is 0 Å². The lowest BCUT2D eigenvalue weighted by Crippen LogP contribution is -2.41. The van der Waals surface area contributed by atoms with Gasteiger partial charge in [-0.1, -0.05) is 6.07 Å². The number of methoxy groups -OCH3 is 1. The quantitative estimate of drug-likeness (QED) is 0.712. The molecule has 0 radical (unpaired) electrons. The minimum absolute atomic E-state index is 0.0152. The predicted octanol–water partition coefficient (Wildman–Crippen LogP) is 1.99. The fourth-order valence-electron chi connectivity index (χ4n) is 1.67. The summed E-state index contributed by atoms with van der Waals surface area (Å²) in [6.07, 6.45) is 0.397. The maximum absolute atomic E-state index is 11.6. The summed E-state index contributed by atoms with van der Waals surface area (Å²) in [6.45, 7) is 6.40. The molecule has 0 aliphatic carbocycles. The number of rotatable bonds is 5. The second kappa shape index (κ2) is 6.31. The molecule has 0 atom stereocenters. The lowest BCUT2D eigenvalue weighted by molar-refractivity contribution is -0.122. The molecule has 0 spiro atoms. The topological polar surface area (TPSA) is 76.4 Å². The van der Waals surface area contributed by atoms with E-state index >= 15 is 0 Å². The molecule has 1 rings (SSSR count). The van der Waals surface area contributed by atoms with Crippen LogP contribution < -0.4 is 21.1 Å². The second-order valence-corrected chi connectivity index (χ2v) is 5.40. The van der Waals surface area contributed by atoms with Crippen molar-refractivity contribution in [1.29, 1.82) is 0 Å². The SMILES string of the molecule is COc1cccc(NCCC(=O)NC(C)(C)C)c1N. The van der Waals surface area contributed by atoms with Crippen LogP contribution in [0, 0.1) is 0 Å². The van der Waals surface area contributed by atoms with Crippen LogP contribution in [0.25, 0.3) is 0 Å². The van der Waals surface area contributed by atoms with Gasteiger partial charge in [-0.2, -0.15) is 0 Å². The maximum atomic E-state index is 11.6. The Morgan fingerprint density at radius 2 is 2.05 bits per heavy atom. The van der Waals surface area contributed by atoms with Crippen molar-refractivity contribution in [2.24, 2.45) is 0 Å². The van der Waals surface area contributed by atoms with E-state index in [1.807, 2.05) is 32.9 Å². The molecule has 0 aliphatic rings. The largest absolute Gasteiger partial charge is 0.495 e. The Morgan fingerprint density at radius 3 is 2.63 bits per heavy atom. The van der Waals surface area contributed by atoms with Gasteiger partial charge in [0.05, 0.1) is 18.5 Å². The standard InChI is InChI=1S/C14H23N3O2/c1-14(2,3)17-12(18)8-9-16-10-6-5-7-11(19-4)13(10)15/h5-7,16H,8-9,15H2,1-4H3,(H,17,18). The van der Waals surface area contributed by atoms with E-state index in [1.54, 1.807) is 13.2 Å². The van der Waals surface area contributed by atoms with Crippen LogP contribution in [0.1, 0.15) is 27.2 Å². The fraction of sp³-hybridized carbons (Fsp3) is 0.500. The first-order valence-electron chi connectivity index (χ1n) is 6.31. The number of nitrogens with two attached hydrogens (primary N) is 1. The van der Waals surface area contributed by atoms with E-state index in [9.17, 15) is 4.79 Å². The number of nitrogens with one attached hydrogen (secondary N) is 2. The maximum Gasteiger partial charge on any atom is 0.222 e. The minimum atomic E-state index is -0.202. The molecular weight excluding hydrogens is 242 g/mol. The summed E-state index contributed by atoms with van der Waals surface area (Å²) in [7, 11) is 1.58. The molecule has 4 N–H and O–H groups in total. The van der Waals surface area contributed by atoms with Gasteiger partial charge in [0.2, 0.25) is 5.91 Å². The third-order valence-electron chi connectivity index (χ3n) is 2.47. The molecule has 5 heteroatoms. The van der Waals surface area contributed by atoms with E-state index in [4.69, 9.17) is 10.5 Å². The highest BCUT2D eigenvalue weighted by Crippen LogP contribution is 2.28. The summed E-state index contributed by atoms with van der Waals surface area (Å²) in [4.78, 5) is 11.6. The average Bonchev–Trinajstić information content (AvgIpc) is 2.29. The van der Waals surface area contributed by atoms with E-state index < -0.39 is 0 Å². The van der Waals surface area contributed by atoms with Gasteiger partial charge in [0.1, 0.15) is 5.75 Å². The zero-order valence-electron chi connectivity index (χ0n) is 12.0. The zero-order valence-corrected chi connectivity index (χ0v) is 12.0. The smallest absolute Gasteiger partial charge is 0.222 e. The van der Waals surface area contributed by atoms with Gasteiger partial charge in [0, 0.05) is 18.5 Å². The van der Waals surface area contributed by atoms with Gasteiger partial charge >= 0.3 is 0 Å². The summed E-state index contributed by atoms with van der Waals surface area (Å²) in [5.41, 5.74) is 7.06. The Bertz CT molecular complexity index is 439. The Labute approximate surface area is 114 Å². The third-order valence-corrected chi connectivity index (χ3v) is 2.47. The Morgan fingerprint density at radius 1 is 1.37 bits per heavy atom. The number of ether oxygens (including phenoxy) is 1. The van der Waals surface area contributed by atoms with Gasteiger partial charge in [-0.3, -0.25) is 4.79 Å². The van der Waals surface area contributed by atoms with Crippen LogP contribution in [0.15, 0.2) is 18.2 Å². The van der Waals surface area contributed by atoms with Crippen LogP contribution in [-0.4, -0.2) is 25.1 Å². The normalized spacial score (nSPS) is 10.9. The highest BCUT2D eigenvalue weighted by Gasteiger charge is 2.13. The molecule has 0 bridgehead atoms. The number of amides is 1. The molecule has 0 heterocycles. The molecule has 5 nitrogen and oxygen atoms in total. The minimum Gasteiger partial charge on any atom is -0.495 e. The van der Waals surface area contributed by atoms with Crippen molar-refractivity contribution in [2.75, 3.05) is 24.7 Å². The van der Waals surface area contributed by atoms with E-state index in [0.717, 1.165) is 5.69 Å². The van der Waals surface area contributed by atoms with Gasteiger partial charge in [-0.25, -0.2) is 0 Å². The summed E-state index contributed by atoms with van der Waals surface area (Å²) >= 11 is 0. The molecule has 0 aromatic heterocycles. The van der Waals surface area contributed by atoms with Gasteiger partial charge in [-0.05, 0) is 32.9 Å². The van der Waals surface area contributed by atoms with Crippen LogP contribution >= 0.6 is 0 Å². The van der Waals surface area contributed by atoms with E-state index in [2.05, 4.69) is 10.6 Å². The number of anilines is 2. The Kier molecular flexibility index (Phi) is 5.03. The summed E-state index contributed by atoms with van der Waals surface area (Å²) in [6, 6.07) is 5.51. The van der Waals surface area contributed by atoms with Crippen LogP contribution in [0.3, 0.4) is 0 Å². The zero-order chi connectivity index (χ0) is 14.5. The summed E-state index contributed by atoms with van der Waals surface area (Å²) in [5, 5.41) is 6.05. The highest BCUT2D eigenvalue weighted by molar-refractivity contribution is 5.78. The van der Waals surface area contributed by atoms with Crippen molar-refractivity contribution in [3.05, 3.63) is 18.2 Å². The molecule has 1 aromatic rings. The van der Waals surface area contributed by atoms with Crippen molar-refractivity contribution in [3.8, 4) is 5.75 Å². The molecule has 0 aliphatic heterocycles. The number of benzene rings is 1. The van der Waals surface area contributed by atoms with Gasteiger partial charge in [0.25, 0.3) is 0 Å². The average molecular weight is 265 g/mol. The number of para-hydroxylation sites is 1. The van der Waals surface area contributed by atoms with Crippen molar-refractivity contribution in [1.82, 2.24) is 5.32 Å². The lowest BCUT2D eigenvalue weighted by atomic mass is 10.1. The second-order valence-electron chi connectivity index (χ2n) is 5.40. The first-order chi connectivity index (χ1) is 8.83. The van der Waals surface area contributed by atoms with Crippen LogP contribution in [0.4, 0.5) is 11.4 Å². The molecule has 0 saturated heterocycles. The van der Waals surface area contributed by atoms with Gasteiger partial charge < -0.3 is 21.1 Å². The number of carbonyl (C=O) groups excluding carboxylic acids is 1.